The smallest absolute Gasteiger partial charge is 0.244 e. The van der Waals surface area contributed by atoms with E-state index in [9.17, 15) is 4.79 Å². The van der Waals surface area contributed by atoms with Crippen LogP contribution in [0.2, 0.25) is 0 Å². The molecule has 1 amide bonds. The molecule has 0 saturated carbocycles. The van der Waals surface area contributed by atoms with Crippen molar-refractivity contribution in [2.75, 3.05) is 6.79 Å². The number of fused-ring (bicyclic) bond motifs is 1. The van der Waals surface area contributed by atoms with Crippen molar-refractivity contribution in [1.29, 1.82) is 0 Å². The lowest BCUT2D eigenvalue weighted by Gasteiger charge is -2.12. The monoisotopic (exact) mass is 413 g/mol. The highest BCUT2D eigenvalue weighted by Gasteiger charge is 2.12. The van der Waals surface area contributed by atoms with Crippen molar-refractivity contribution < 1.29 is 14.3 Å². The molecule has 1 unspecified atom stereocenters. The van der Waals surface area contributed by atoms with Gasteiger partial charge in [0.25, 0.3) is 0 Å². The summed E-state index contributed by atoms with van der Waals surface area (Å²) >= 11 is 3.41. The van der Waals surface area contributed by atoms with Crippen LogP contribution in [0.15, 0.2) is 64.7 Å². The van der Waals surface area contributed by atoms with Gasteiger partial charge in [0.1, 0.15) is 0 Å². The lowest BCUT2D eigenvalue weighted by Crippen LogP contribution is -2.24. The first-order valence-corrected chi connectivity index (χ1v) is 9.12. The molecule has 0 saturated heterocycles. The van der Waals surface area contributed by atoms with Gasteiger partial charge in [0.2, 0.25) is 12.7 Å². The minimum absolute atomic E-state index is 0.0570. The number of benzene rings is 2. The number of nitrogens with one attached hydrogen (secondary N) is 1. The molecule has 0 spiro atoms. The molecule has 1 N–H and O–H groups in total. The number of hydrogen-bond acceptors (Lipinski definition) is 3. The van der Waals surface area contributed by atoms with Crippen LogP contribution in [0.5, 0.6) is 11.5 Å². The highest BCUT2D eigenvalue weighted by Crippen LogP contribution is 2.33. The third-order valence-electron chi connectivity index (χ3n) is 4.02. The van der Waals surface area contributed by atoms with Crippen LogP contribution in [0.4, 0.5) is 0 Å². The van der Waals surface area contributed by atoms with Gasteiger partial charge in [0, 0.05) is 10.5 Å². The summed E-state index contributed by atoms with van der Waals surface area (Å²) in [5, 5.41) is 2.96. The van der Waals surface area contributed by atoms with Crippen LogP contribution < -0.4 is 14.8 Å². The Kier molecular flexibility index (Phi) is 5.78. The molecular weight excluding hydrogens is 394 g/mol. The summed E-state index contributed by atoms with van der Waals surface area (Å²) < 4.78 is 11.7. The van der Waals surface area contributed by atoms with Crippen molar-refractivity contribution in [3.05, 3.63) is 75.8 Å². The highest BCUT2D eigenvalue weighted by molar-refractivity contribution is 9.10. The van der Waals surface area contributed by atoms with Gasteiger partial charge in [0.15, 0.2) is 11.5 Å². The van der Waals surface area contributed by atoms with Gasteiger partial charge in [0.05, 0.1) is 6.04 Å². The molecule has 0 aliphatic carbocycles. The first-order chi connectivity index (χ1) is 12.5. The molecule has 1 aliphatic heterocycles. The summed E-state index contributed by atoms with van der Waals surface area (Å²) in [5.41, 5.74) is 3.03. The molecule has 0 aromatic heterocycles. The van der Waals surface area contributed by atoms with Gasteiger partial charge in [-0.05, 0) is 49.2 Å². The van der Waals surface area contributed by atoms with E-state index in [0.29, 0.717) is 0 Å². The van der Waals surface area contributed by atoms with Crippen molar-refractivity contribution in [2.45, 2.75) is 19.9 Å². The van der Waals surface area contributed by atoms with E-state index in [1.165, 1.54) is 0 Å². The van der Waals surface area contributed by atoms with E-state index in [1.54, 1.807) is 12.2 Å². The summed E-state index contributed by atoms with van der Waals surface area (Å²) in [6.45, 7) is 4.18. The molecule has 3 rings (SSSR count). The number of carbonyl (C=O) groups excluding carboxylic acids is 1. The average Bonchev–Trinajstić information content (AvgIpc) is 3.08. The van der Waals surface area contributed by atoms with Crippen molar-refractivity contribution >= 4 is 27.9 Å². The number of carbonyl (C=O) groups is 1. The van der Waals surface area contributed by atoms with Gasteiger partial charge >= 0.3 is 0 Å². The second-order valence-corrected chi connectivity index (χ2v) is 7.03. The predicted molar refractivity (Wildman–Crippen MR) is 106 cm³/mol. The third kappa shape index (κ3) is 4.76. The number of ether oxygens (including phenoxy) is 2. The lowest BCUT2D eigenvalue weighted by molar-refractivity contribution is -0.117. The highest BCUT2D eigenvalue weighted by atomic mass is 79.9. The van der Waals surface area contributed by atoms with Crippen LogP contribution in [0.3, 0.4) is 0 Å². The molecule has 2 aromatic rings. The fourth-order valence-corrected chi connectivity index (χ4v) is 2.88. The molecule has 5 heteroatoms. The molecule has 0 bridgehead atoms. The molecule has 4 nitrogen and oxygen atoms in total. The molecule has 1 aliphatic rings. The van der Waals surface area contributed by atoms with E-state index in [4.69, 9.17) is 9.47 Å². The van der Waals surface area contributed by atoms with Crippen LogP contribution in [0.1, 0.15) is 31.0 Å². The minimum atomic E-state index is -0.126. The van der Waals surface area contributed by atoms with Crippen LogP contribution in [0, 0.1) is 0 Å². The molecule has 2 aromatic carbocycles. The lowest BCUT2D eigenvalue weighted by atomic mass is 10.1. The molecule has 1 heterocycles. The molecular formula is C21H20BrNO3. The van der Waals surface area contributed by atoms with Crippen molar-refractivity contribution in [3.63, 3.8) is 0 Å². The Hall–Kier alpha value is -2.53. The maximum absolute atomic E-state index is 12.1. The van der Waals surface area contributed by atoms with Crippen molar-refractivity contribution in [2.24, 2.45) is 0 Å². The van der Waals surface area contributed by atoms with E-state index in [1.807, 2.05) is 62.4 Å². The Bertz CT molecular complexity index is 856. The summed E-state index contributed by atoms with van der Waals surface area (Å²) in [6.07, 6.45) is 5.34. The summed E-state index contributed by atoms with van der Waals surface area (Å²) in [4.78, 5) is 12.1. The van der Waals surface area contributed by atoms with Gasteiger partial charge < -0.3 is 14.8 Å². The maximum Gasteiger partial charge on any atom is 0.244 e. The number of rotatable bonds is 5. The van der Waals surface area contributed by atoms with E-state index < -0.39 is 0 Å². The zero-order valence-corrected chi connectivity index (χ0v) is 16.2. The summed E-state index contributed by atoms with van der Waals surface area (Å²) in [5.74, 6) is 1.38. The Morgan fingerprint density at radius 3 is 2.62 bits per heavy atom. The first kappa shape index (κ1) is 18.3. The largest absolute Gasteiger partial charge is 0.454 e. The van der Waals surface area contributed by atoms with Gasteiger partial charge in [-0.1, -0.05) is 51.9 Å². The topological polar surface area (TPSA) is 47.6 Å². The zero-order chi connectivity index (χ0) is 18.5. The van der Waals surface area contributed by atoms with Gasteiger partial charge in [-0.25, -0.2) is 0 Å². The van der Waals surface area contributed by atoms with Crippen LogP contribution in [-0.2, 0) is 4.79 Å². The van der Waals surface area contributed by atoms with Crippen molar-refractivity contribution in [1.82, 2.24) is 5.32 Å². The van der Waals surface area contributed by atoms with Crippen LogP contribution in [-0.4, -0.2) is 12.7 Å². The minimum Gasteiger partial charge on any atom is -0.454 e. The normalized spacial score (nSPS) is 14.5. The standard InChI is InChI=1S/C21H20BrNO3/c1-14(11-16-4-9-19-20(12-16)26-13-25-19)3-10-21(24)23-15(2)17-5-7-18(22)8-6-17/h3-12,15H,13H2,1-2H3,(H,23,24)/b10-3+,14-11+. The SMILES string of the molecule is CC(/C=C/C(=O)NC(C)c1ccc(Br)cc1)=C\c1ccc2c(c1)OCO2. The second kappa shape index (κ2) is 8.23. The van der Waals surface area contributed by atoms with Gasteiger partial charge in [-0.15, -0.1) is 0 Å². The number of halogens is 1. The van der Waals surface area contributed by atoms with Gasteiger partial charge in [-0.3, -0.25) is 4.79 Å². The van der Waals surface area contributed by atoms with Crippen molar-refractivity contribution in [3.8, 4) is 11.5 Å². The first-order valence-electron chi connectivity index (χ1n) is 8.33. The average molecular weight is 414 g/mol. The van der Waals surface area contributed by atoms with E-state index in [-0.39, 0.29) is 18.7 Å². The Morgan fingerprint density at radius 2 is 1.85 bits per heavy atom. The quantitative estimate of drug-likeness (QED) is 0.553. The Morgan fingerprint density at radius 1 is 1.12 bits per heavy atom. The Labute approximate surface area is 161 Å². The van der Waals surface area contributed by atoms with Crippen LogP contribution in [0.25, 0.3) is 6.08 Å². The van der Waals surface area contributed by atoms with Gasteiger partial charge in [-0.2, -0.15) is 0 Å². The fraction of sp³-hybridized carbons (Fsp3) is 0.190. The third-order valence-corrected chi connectivity index (χ3v) is 4.55. The summed E-state index contributed by atoms with van der Waals surface area (Å²) in [6, 6.07) is 13.6. The number of amides is 1. The number of hydrogen-bond donors (Lipinski definition) is 1. The maximum atomic E-state index is 12.1. The molecule has 26 heavy (non-hydrogen) atoms. The molecule has 134 valence electrons. The van der Waals surface area contributed by atoms with Crippen LogP contribution >= 0.6 is 15.9 Å². The Balaban J connectivity index is 1.59. The fourth-order valence-electron chi connectivity index (χ4n) is 2.62. The second-order valence-electron chi connectivity index (χ2n) is 6.12. The molecule has 0 radical (unpaired) electrons. The van der Waals surface area contributed by atoms with E-state index >= 15 is 0 Å². The zero-order valence-electron chi connectivity index (χ0n) is 14.7. The summed E-state index contributed by atoms with van der Waals surface area (Å²) in [7, 11) is 0. The predicted octanol–water partition coefficient (Wildman–Crippen LogP) is 5.01. The van der Waals surface area contributed by atoms with E-state index in [0.717, 1.165) is 32.7 Å². The molecule has 1 atom stereocenters. The number of allylic oxidation sites excluding steroid dienone is 2. The van der Waals surface area contributed by atoms with E-state index in [2.05, 4.69) is 21.2 Å². The molecule has 0 fully saturated rings.